The van der Waals surface area contributed by atoms with Gasteiger partial charge in [-0.15, -0.1) is 0 Å². The molecule has 0 aromatic carbocycles. The second-order valence-electron chi connectivity index (χ2n) is 5.00. The molecule has 0 amide bonds. The van der Waals surface area contributed by atoms with Crippen LogP contribution in [0.3, 0.4) is 0 Å². The van der Waals surface area contributed by atoms with Gasteiger partial charge >= 0.3 is 0 Å². The van der Waals surface area contributed by atoms with Gasteiger partial charge in [0.25, 0.3) is 0 Å². The largest absolute Gasteiger partial charge is 0.328 e. The average Bonchev–Trinajstić information content (AvgIpc) is 2.32. The van der Waals surface area contributed by atoms with Crippen LogP contribution in [-0.4, -0.2) is 29.1 Å². The van der Waals surface area contributed by atoms with Gasteiger partial charge in [-0.3, -0.25) is 4.90 Å². The molecular formula is C10H20N2. The zero-order valence-corrected chi connectivity index (χ0v) is 8.21. The molecule has 2 rings (SSSR count). The van der Waals surface area contributed by atoms with Crippen molar-refractivity contribution in [2.24, 2.45) is 5.73 Å². The predicted molar refractivity (Wildman–Crippen MR) is 51.0 cm³/mol. The first-order valence-corrected chi connectivity index (χ1v) is 5.12. The molecule has 2 atom stereocenters. The Morgan fingerprint density at radius 3 is 2.92 bits per heavy atom. The summed E-state index contributed by atoms with van der Waals surface area (Å²) in [5.41, 5.74) is 6.40. The van der Waals surface area contributed by atoms with E-state index in [0.717, 1.165) is 6.04 Å². The smallest absolute Gasteiger partial charge is 0.0170 e. The van der Waals surface area contributed by atoms with Gasteiger partial charge in [-0.25, -0.2) is 0 Å². The topological polar surface area (TPSA) is 29.3 Å². The van der Waals surface area contributed by atoms with Gasteiger partial charge in [0.2, 0.25) is 0 Å². The SMILES string of the molecule is CC1(C)CC(N)CC2CCCN21. The Kier molecular flexibility index (Phi) is 1.92. The Hall–Kier alpha value is -0.0800. The fraction of sp³-hybridized carbons (Fsp3) is 1.00. The number of nitrogens with zero attached hydrogens (tertiary/aromatic N) is 1. The number of piperidine rings is 1. The molecule has 2 heterocycles. The quantitative estimate of drug-likeness (QED) is 0.591. The molecule has 2 N–H and O–H groups in total. The molecule has 0 aliphatic carbocycles. The van der Waals surface area contributed by atoms with E-state index in [9.17, 15) is 0 Å². The standard InChI is InChI=1S/C10H20N2/c1-10(2)7-8(11)6-9-4-3-5-12(9)10/h8-9H,3-7,11H2,1-2H3. The summed E-state index contributed by atoms with van der Waals surface area (Å²) in [5.74, 6) is 0. The van der Waals surface area contributed by atoms with Crippen LogP contribution in [0.5, 0.6) is 0 Å². The Balaban J connectivity index is 2.15. The van der Waals surface area contributed by atoms with E-state index in [1.807, 2.05) is 0 Å². The number of hydrogen-bond acceptors (Lipinski definition) is 2. The monoisotopic (exact) mass is 168 g/mol. The van der Waals surface area contributed by atoms with Gasteiger partial charge in [0.15, 0.2) is 0 Å². The Morgan fingerprint density at radius 2 is 2.17 bits per heavy atom. The van der Waals surface area contributed by atoms with Crippen molar-refractivity contribution in [2.75, 3.05) is 6.54 Å². The summed E-state index contributed by atoms with van der Waals surface area (Å²) >= 11 is 0. The van der Waals surface area contributed by atoms with Gasteiger partial charge in [0, 0.05) is 17.6 Å². The van der Waals surface area contributed by atoms with E-state index in [2.05, 4.69) is 18.7 Å². The van der Waals surface area contributed by atoms with Crippen LogP contribution >= 0.6 is 0 Å². The maximum atomic E-state index is 6.04. The van der Waals surface area contributed by atoms with E-state index in [-0.39, 0.29) is 0 Å². The second-order valence-corrected chi connectivity index (χ2v) is 5.00. The van der Waals surface area contributed by atoms with Crippen LogP contribution in [0.1, 0.15) is 39.5 Å². The summed E-state index contributed by atoms with van der Waals surface area (Å²) in [6, 6.07) is 1.24. The average molecular weight is 168 g/mol. The van der Waals surface area contributed by atoms with Crippen molar-refractivity contribution in [3.8, 4) is 0 Å². The van der Waals surface area contributed by atoms with Gasteiger partial charge in [-0.1, -0.05) is 0 Å². The Bertz CT molecular complexity index is 177. The molecule has 2 heteroatoms. The first-order chi connectivity index (χ1) is 5.59. The van der Waals surface area contributed by atoms with Crippen molar-refractivity contribution in [2.45, 2.75) is 57.2 Å². The van der Waals surface area contributed by atoms with Crippen molar-refractivity contribution in [3.05, 3.63) is 0 Å². The molecule has 2 nitrogen and oxygen atoms in total. The first kappa shape index (κ1) is 8.52. The Morgan fingerprint density at radius 1 is 1.42 bits per heavy atom. The summed E-state index contributed by atoms with van der Waals surface area (Å²) in [5, 5.41) is 0. The van der Waals surface area contributed by atoms with Crippen LogP contribution in [0.25, 0.3) is 0 Å². The third kappa shape index (κ3) is 1.27. The first-order valence-electron chi connectivity index (χ1n) is 5.12. The molecule has 0 aromatic heterocycles. The van der Waals surface area contributed by atoms with Crippen LogP contribution < -0.4 is 5.73 Å². The third-order valence-electron chi connectivity index (χ3n) is 3.49. The second kappa shape index (κ2) is 2.71. The highest BCUT2D eigenvalue weighted by atomic mass is 15.2. The van der Waals surface area contributed by atoms with Gasteiger partial charge in [0.05, 0.1) is 0 Å². The predicted octanol–water partition coefficient (Wildman–Crippen LogP) is 1.35. The lowest BCUT2D eigenvalue weighted by Gasteiger charge is -2.46. The minimum absolute atomic E-state index is 0.360. The van der Waals surface area contributed by atoms with Crippen LogP contribution in [0, 0.1) is 0 Å². The highest BCUT2D eigenvalue weighted by Crippen LogP contribution is 2.36. The number of rotatable bonds is 0. The molecule has 2 unspecified atom stereocenters. The third-order valence-corrected chi connectivity index (χ3v) is 3.49. The fourth-order valence-corrected chi connectivity index (χ4v) is 3.07. The molecule has 2 aliphatic heterocycles. The molecule has 0 aromatic rings. The van der Waals surface area contributed by atoms with Gasteiger partial charge in [-0.2, -0.15) is 0 Å². The van der Waals surface area contributed by atoms with Crippen molar-refractivity contribution >= 4 is 0 Å². The van der Waals surface area contributed by atoms with Crippen LogP contribution in [0.2, 0.25) is 0 Å². The number of nitrogens with two attached hydrogens (primary N) is 1. The summed E-state index contributed by atoms with van der Waals surface area (Å²) in [4.78, 5) is 2.66. The summed E-state index contributed by atoms with van der Waals surface area (Å²) in [7, 11) is 0. The summed E-state index contributed by atoms with van der Waals surface area (Å²) in [6.07, 6.45) is 5.14. The Labute approximate surface area is 75.1 Å². The molecule has 12 heavy (non-hydrogen) atoms. The molecule has 70 valence electrons. The van der Waals surface area contributed by atoms with Gasteiger partial charge in [0.1, 0.15) is 0 Å². The lowest BCUT2D eigenvalue weighted by molar-refractivity contribution is 0.0462. The molecule has 0 radical (unpaired) electrons. The lowest BCUT2D eigenvalue weighted by Crippen LogP contribution is -2.55. The van der Waals surface area contributed by atoms with Crippen LogP contribution in [-0.2, 0) is 0 Å². The summed E-state index contributed by atoms with van der Waals surface area (Å²) in [6.45, 7) is 5.97. The van der Waals surface area contributed by atoms with Crippen molar-refractivity contribution in [3.63, 3.8) is 0 Å². The summed E-state index contributed by atoms with van der Waals surface area (Å²) < 4.78 is 0. The molecular weight excluding hydrogens is 148 g/mol. The minimum atomic E-state index is 0.360. The fourth-order valence-electron chi connectivity index (χ4n) is 3.07. The molecule has 0 saturated carbocycles. The molecule has 2 aliphatic rings. The van der Waals surface area contributed by atoms with E-state index >= 15 is 0 Å². The van der Waals surface area contributed by atoms with Crippen LogP contribution in [0.15, 0.2) is 0 Å². The maximum Gasteiger partial charge on any atom is 0.0170 e. The highest BCUT2D eigenvalue weighted by molar-refractivity contribution is 4.98. The molecule has 2 fully saturated rings. The van der Waals surface area contributed by atoms with E-state index in [1.165, 1.54) is 32.2 Å². The van der Waals surface area contributed by atoms with E-state index in [4.69, 9.17) is 5.73 Å². The zero-order valence-electron chi connectivity index (χ0n) is 8.21. The van der Waals surface area contributed by atoms with E-state index in [0.29, 0.717) is 11.6 Å². The van der Waals surface area contributed by atoms with Crippen LogP contribution in [0.4, 0.5) is 0 Å². The lowest BCUT2D eigenvalue weighted by atomic mass is 9.84. The van der Waals surface area contributed by atoms with E-state index in [1.54, 1.807) is 0 Å². The highest BCUT2D eigenvalue weighted by Gasteiger charge is 2.41. The molecule has 0 bridgehead atoms. The minimum Gasteiger partial charge on any atom is -0.328 e. The van der Waals surface area contributed by atoms with E-state index < -0.39 is 0 Å². The zero-order chi connectivity index (χ0) is 8.77. The normalized spacial score (nSPS) is 41.2. The van der Waals surface area contributed by atoms with Gasteiger partial charge < -0.3 is 5.73 Å². The van der Waals surface area contributed by atoms with Crippen molar-refractivity contribution in [1.29, 1.82) is 0 Å². The maximum absolute atomic E-state index is 6.04. The van der Waals surface area contributed by atoms with Gasteiger partial charge in [-0.05, 0) is 46.1 Å². The van der Waals surface area contributed by atoms with Crippen molar-refractivity contribution in [1.82, 2.24) is 4.90 Å². The molecule has 2 saturated heterocycles. The molecule has 0 spiro atoms. The van der Waals surface area contributed by atoms with Crippen molar-refractivity contribution < 1.29 is 0 Å². The number of fused-ring (bicyclic) bond motifs is 1. The number of hydrogen-bond donors (Lipinski definition) is 1.